The number of hydrogen-bond donors (Lipinski definition) is 0. The molecule has 1 heterocycles. The van der Waals surface area contributed by atoms with Crippen molar-refractivity contribution in [3.8, 4) is 0 Å². The van der Waals surface area contributed by atoms with Crippen molar-refractivity contribution in [3.05, 3.63) is 0 Å². The molecule has 1 aliphatic heterocycles. The van der Waals surface area contributed by atoms with Crippen molar-refractivity contribution in [3.63, 3.8) is 0 Å². The largest absolute Gasteiger partial charge is 0.227 e. The second-order valence-corrected chi connectivity index (χ2v) is 3.39. The van der Waals surface area contributed by atoms with Crippen LogP contribution in [0.15, 0.2) is 0 Å². The molecule has 1 fully saturated rings. The van der Waals surface area contributed by atoms with Crippen molar-refractivity contribution in [2.24, 2.45) is 5.92 Å². The summed E-state index contributed by atoms with van der Waals surface area (Å²) in [4.78, 5) is 9.45. The fourth-order valence-electron chi connectivity index (χ4n) is 1.25. The van der Waals surface area contributed by atoms with Crippen LogP contribution in [-0.4, -0.2) is 6.29 Å². The van der Waals surface area contributed by atoms with Crippen molar-refractivity contribution in [2.45, 2.75) is 52.2 Å². The van der Waals surface area contributed by atoms with Gasteiger partial charge >= 0.3 is 0 Å². The minimum absolute atomic E-state index is 0.122. The van der Waals surface area contributed by atoms with Crippen LogP contribution in [0.5, 0.6) is 0 Å². The molecule has 0 aromatic heterocycles. The Hall–Kier alpha value is -0.0800. The Bertz CT molecular complexity index is 99.7. The first-order valence-corrected chi connectivity index (χ1v) is 4.66. The van der Waals surface area contributed by atoms with E-state index in [1.165, 1.54) is 32.1 Å². The molecule has 11 heavy (non-hydrogen) atoms. The lowest BCUT2D eigenvalue weighted by atomic mass is 10.0. The molecule has 0 radical (unpaired) electrons. The topological polar surface area (TPSA) is 25.1 Å². The zero-order valence-corrected chi connectivity index (χ0v) is 7.51. The van der Waals surface area contributed by atoms with E-state index in [4.69, 9.17) is 9.78 Å². The average molecular weight is 158 g/mol. The van der Waals surface area contributed by atoms with Gasteiger partial charge in [-0.1, -0.05) is 39.5 Å². The summed E-state index contributed by atoms with van der Waals surface area (Å²) in [5.74, 6) is 0.590. The van der Waals surface area contributed by atoms with E-state index in [-0.39, 0.29) is 6.29 Å². The molecule has 0 spiro atoms. The maximum Gasteiger partial charge on any atom is 0.227 e. The lowest BCUT2D eigenvalue weighted by molar-refractivity contribution is 0.0850. The third-order valence-electron chi connectivity index (χ3n) is 2.18. The van der Waals surface area contributed by atoms with Crippen LogP contribution < -0.4 is 0 Å². The maximum atomic E-state index is 4.73. The Labute approximate surface area is 68.8 Å². The highest BCUT2D eigenvalue weighted by atomic mass is 17.4. The smallest absolute Gasteiger partial charge is 0.198 e. The van der Waals surface area contributed by atoms with Crippen LogP contribution in [0.4, 0.5) is 0 Å². The molecule has 1 atom stereocenters. The molecule has 0 saturated carbocycles. The highest BCUT2D eigenvalue weighted by Gasteiger charge is 2.31. The average Bonchev–Trinajstić information content (AvgIpc) is 2.79. The van der Waals surface area contributed by atoms with E-state index in [9.17, 15) is 0 Å². The van der Waals surface area contributed by atoms with Gasteiger partial charge < -0.3 is 0 Å². The van der Waals surface area contributed by atoms with Crippen molar-refractivity contribution < 1.29 is 9.78 Å². The molecular weight excluding hydrogens is 140 g/mol. The summed E-state index contributed by atoms with van der Waals surface area (Å²) in [7, 11) is 0. The van der Waals surface area contributed by atoms with E-state index in [1.807, 2.05) is 0 Å². The number of hydrogen-bond acceptors (Lipinski definition) is 2. The highest BCUT2D eigenvalue weighted by molar-refractivity contribution is 4.60. The van der Waals surface area contributed by atoms with Crippen molar-refractivity contribution >= 4 is 0 Å². The number of unbranched alkanes of at least 4 members (excludes halogenated alkanes) is 3. The van der Waals surface area contributed by atoms with E-state index in [0.29, 0.717) is 5.92 Å². The zero-order chi connectivity index (χ0) is 8.10. The van der Waals surface area contributed by atoms with Gasteiger partial charge in [-0.15, -0.1) is 0 Å². The summed E-state index contributed by atoms with van der Waals surface area (Å²) >= 11 is 0. The van der Waals surface area contributed by atoms with Gasteiger partial charge in [-0.2, -0.15) is 9.78 Å². The molecule has 0 aromatic carbocycles. The van der Waals surface area contributed by atoms with Crippen LogP contribution in [0.2, 0.25) is 0 Å². The highest BCUT2D eigenvalue weighted by Crippen LogP contribution is 2.26. The van der Waals surface area contributed by atoms with Gasteiger partial charge in [0, 0.05) is 5.92 Å². The number of rotatable bonds is 6. The predicted molar refractivity (Wildman–Crippen MR) is 43.9 cm³/mol. The molecule has 0 amide bonds. The fraction of sp³-hybridized carbons (Fsp3) is 1.00. The van der Waals surface area contributed by atoms with Gasteiger partial charge in [0.15, 0.2) is 0 Å². The Morgan fingerprint density at radius 1 is 1.18 bits per heavy atom. The van der Waals surface area contributed by atoms with Gasteiger partial charge in [0.2, 0.25) is 6.29 Å². The first-order chi connectivity index (χ1) is 5.34. The molecule has 0 aromatic rings. The zero-order valence-electron chi connectivity index (χ0n) is 7.51. The predicted octanol–water partition coefficient (Wildman–Crippen LogP) is 2.88. The normalized spacial score (nSPS) is 20.2. The molecule has 2 heteroatoms. The molecule has 2 nitrogen and oxygen atoms in total. The summed E-state index contributed by atoms with van der Waals surface area (Å²) in [6.07, 6.45) is 6.71. The van der Waals surface area contributed by atoms with Crippen molar-refractivity contribution in [1.29, 1.82) is 0 Å². The Morgan fingerprint density at radius 3 is 2.45 bits per heavy atom. The van der Waals surface area contributed by atoms with Crippen LogP contribution in [0.1, 0.15) is 46.0 Å². The summed E-state index contributed by atoms with van der Waals surface area (Å²) < 4.78 is 0. The second-order valence-electron chi connectivity index (χ2n) is 3.39. The summed E-state index contributed by atoms with van der Waals surface area (Å²) in [6.45, 7) is 4.42. The fourth-order valence-corrected chi connectivity index (χ4v) is 1.25. The molecule has 0 aliphatic carbocycles. The van der Waals surface area contributed by atoms with Crippen LogP contribution in [-0.2, 0) is 9.78 Å². The molecule has 1 unspecified atom stereocenters. The van der Waals surface area contributed by atoms with Gasteiger partial charge in [-0.3, -0.25) is 0 Å². The first-order valence-electron chi connectivity index (χ1n) is 4.66. The first kappa shape index (κ1) is 9.01. The van der Waals surface area contributed by atoms with E-state index >= 15 is 0 Å². The van der Waals surface area contributed by atoms with Gasteiger partial charge in [0.25, 0.3) is 0 Å². The van der Waals surface area contributed by atoms with Gasteiger partial charge in [-0.25, -0.2) is 0 Å². The van der Waals surface area contributed by atoms with E-state index in [0.717, 1.165) is 0 Å². The molecule has 1 saturated heterocycles. The molecule has 0 bridgehead atoms. The Morgan fingerprint density at radius 2 is 1.91 bits per heavy atom. The van der Waals surface area contributed by atoms with E-state index in [2.05, 4.69) is 13.8 Å². The van der Waals surface area contributed by atoms with Crippen LogP contribution in [0.25, 0.3) is 0 Å². The van der Waals surface area contributed by atoms with Crippen molar-refractivity contribution in [1.82, 2.24) is 0 Å². The molecule has 1 rings (SSSR count). The minimum atomic E-state index is 0.122. The van der Waals surface area contributed by atoms with Gasteiger partial charge in [0.1, 0.15) is 0 Å². The quantitative estimate of drug-likeness (QED) is 0.337. The van der Waals surface area contributed by atoms with Crippen LogP contribution >= 0.6 is 0 Å². The Kier molecular flexibility index (Phi) is 3.87. The third kappa shape index (κ3) is 3.73. The van der Waals surface area contributed by atoms with Crippen LogP contribution in [0.3, 0.4) is 0 Å². The molecule has 0 N–H and O–H groups in total. The Balaban J connectivity index is 1.85. The lowest BCUT2D eigenvalue weighted by Gasteiger charge is -2.03. The third-order valence-corrected chi connectivity index (χ3v) is 2.18. The van der Waals surface area contributed by atoms with Crippen LogP contribution in [0, 0.1) is 5.92 Å². The monoisotopic (exact) mass is 158 g/mol. The standard InChI is InChI=1S/C9H18O2/c1-3-4-5-6-7-8(2)9-10-11-9/h8-9H,3-7H2,1-2H3. The van der Waals surface area contributed by atoms with Crippen molar-refractivity contribution in [2.75, 3.05) is 0 Å². The van der Waals surface area contributed by atoms with E-state index < -0.39 is 0 Å². The summed E-state index contributed by atoms with van der Waals surface area (Å²) in [6, 6.07) is 0. The summed E-state index contributed by atoms with van der Waals surface area (Å²) in [5, 5.41) is 0. The SMILES string of the molecule is CCCCCCC(C)C1OO1. The summed E-state index contributed by atoms with van der Waals surface area (Å²) in [5.41, 5.74) is 0. The minimum Gasteiger partial charge on any atom is -0.198 e. The molecular formula is C9H18O2. The lowest BCUT2D eigenvalue weighted by Crippen LogP contribution is -2.01. The maximum absolute atomic E-state index is 4.73. The molecule has 66 valence electrons. The molecule has 1 aliphatic rings. The van der Waals surface area contributed by atoms with Gasteiger partial charge in [-0.05, 0) is 6.42 Å². The van der Waals surface area contributed by atoms with E-state index in [1.54, 1.807) is 0 Å². The second kappa shape index (κ2) is 4.73. The van der Waals surface area contributed by atoms with Gasteiger partial charge in [0.05, 0.1) is 0 Å².